The van der Waals surface area contributed by atoms with Gasteiger partial charge in [0.05, 0.1) is 22.9 Å². The Morgan fingerprint density at radius 3 is 2.64 bits per heavy atom. The number of aryl methyl sites for hydroxylation is 2. The summed E-state index contributed by atoms with van der Waals surface area (Å²) >= 11 is 7.52. The number of halogens is 1. The first-order valence-electron chi connectivity index (χ1n) is 8.73. The van der Waals surface area contributed by atoms with E-state index >= 15 is 0 Å². The molecular formula is C21H17ClN2O3S. The molecule has 4 rings (SSSR count). The molecule has 0 N–H and O–H groups in total. The highest BCUT2D eigenvalue weighted by Gasteiger charge is 2.28. The molecule has 7 heteroatoms. The molecular weight excluding hydrogens is 396 g/mol. The van der Waals surface area contributed by atoms with E-state index in [0.717, 1.165) is 21.1 Å². The zero-order valence-electron chi connectivity index (χ0n) is 15.4. The zero-order chi connectivity index (χ0) is 19.8. The van der Waals surface area contributed by atoms with E-state index in [1.54, 1.807) is 35.6 Å². The average Bonchev–Trinajstić information content (AvgIpc) is 3.02. The van der Waals surface area contributed by atoms with Crippen LogP contribution in [0.4, 0.5) is 5.69 Å². The van der Waals surface area contributed by atoms with Crippen molar-refractivity contribution < 1.29 is 14.3 Å². The van der Waals surface area contributed by atoms with Gasteiger partial charge < -0.3 is 4.74 Å². The molecule has 0 fully saturated rings. The smallest absolute Gasteiger partial charge is 0.265 e. The van der Waals surface area contributed by atoms with Crippen LogP contribution in [0.15, 0.2) is 42.5 Å². The van der Waals surface area contributed by atoms with Crippen LogP contribution in [0, 0.1) is 13.8 Å². The Morgan fingerprint density at radius 2 is 1.96 bits per heavy atom. The summed E-state index contributed by atoms with van der Waals surface area (Å²) in [6.45, 7) is 3.83. The van der Waals surface area contributed by atoms with E-state index in [0.29, 0.717) is 22.0 Å². The average molecular weight is 413 g/mol. The van der Waals surface area contributed by atoms with E-state index in [1.165, 1.54) is 4.90 Å². The van der Waals surface area contributed by atoms with Gasteiger partial charge in [0.1, 0.15) is 5.75 Å². The Hall–Kier alpha value is -2.70. The SMILES string of the molecule is Cc1nc(-c2ccc3c(c2)N(CC(=O)c2ccc(Cl)cc2)C(=O)CO3)c(C)s1. The first-order chi connectivity index (χ1) is 13.4. The van der Waals surface area contributed by atoms with Gasteiger partial charge in [-0.25, -0.2) is 4.98 Å². The van der Waals surface area contributed by atoms with Crippen LogP contribution >= 0.6 is 22.9 Å². The second-order valence-corrected chi connectivity index (χ2v) is 8.36. The van der Waals surface area contributed by atoms with Crippen LogP contribution < -0.4 is 9.64 Å². The lowest BCUT2D eigenvalue weighted by Gasteiger charge is -2.29. The van der Waals surface area contributed by atoms with Crippen molar-refractivity contribution in [3.8, 4) is 17.0 Å². The monoisotopic (exact) mass is 412 g/mol. The molecule has 0 atom stereocenters. The van der Waals surface area contributed by atoms with Crippen LogP contribution in [-0.4, -0.2) is 29.8 Å². The Bertz CT molecular complexity index is 1080. The van der Waals surface area contributed by atoms with Crippen LogP contribution in [-0.2, 0) is 4.79 Å². The first-order valence-corrected chi connectivity index (χ1v) is 9.92. The normalized spacial score (nSPS) is 13.2. The van der Waals surface area contributed by atoms with Gasteiger partial charge in [0.2, 0.25) is 0 Å². The maximum absolute atomic E-state index is 12.7. The second-order valence-electron chi connectivity index (χ2n) is 6.52. The minimum atomic E-state index is -0.252. The number of hydrogen-bond donors (Lipinski definition) is 0. The number of aromatic nitrogens is 1. The third kappa shape index (κ3) is 3.53. The molecule has 0 bridgehead atoms. The van der Waals surface area contributed by atoms with E-state index < -0.39 is 0 Å². The number of carbonyl (C=O) groups excluding carboxylic acids is 2. The largest absolute Gasteiger partial charge is 0.482 e. The molecule has 1 aromatic heterocycles. The first kappa shape index (κ1) is 18.7. The summed E-state index contributed by atoms with van der Waals surface area (Å²) in [6.07, 6.45) is 0. The minimum absolute atomic E-state index is 0.0602. The fraction of sp³-hybridized carbons (Fsp3) is 0.190. The van der Waals surface area contributed by atoms with Gasteiger partial charge in [0.25, 0.3) is 5.91 Å². The Balaban J connectivity index is 1.69. The number of thiazole rings is 1. The zero-order valence-corrected chi connectivity index (χ0v) is 16.9. The summed E-state index contributed by atoms with van der Waals surface area (Å²) in [7, 11) is 0. The molecule has 1 amide bonds. The Kier molecular flexibility index (Phi) is 4.91. The number of amides is 1. The fourth-order valence-electron chi connectivity index (χ4n) is 3.19. The van der Waals surface area contributed by atoms with Gasteiger partial charge in [-0.3, -0.25) is 14.5 Å². The molecule has 3 aromatic rings. The number of carbonyl (C=O) groups is 2. The summed E-state index contributed by atoms with van der Waals surface area (Å²) in [5, 5.41) is 1.54. The number of fused-ring (bicyclic) bond motifs is 1. The molecule has 2 heterocycles. The van der Waals surface area contributed by atoms with Crippen LogP contribution in [0.25, 0.3) is 11.3 Å². The van der Waals surface area contributed by atoms with Gasteiger partial charge in [-0.15, -0.1) is 11.3 Å². The summed E-state index contributed by atoms with van der Waals surface area (Å²) in [4.78, 5) is 32.4. The topological polar surface area (TPSA) is 59.5 Å². The van der Waals surface area contributed by atoms with E-state index in [1.807, 2.05) is 32.0 Å². The van der Waals surface area contributed by atoms with Crippen molar-refractivity contribution in [3.05, 3.63) is 62.9 Å². The molecule has 0 spiro atoms. The Labute approximate surface area is 171 Å². The van der Waals surface area contributed by atoms with Crippen molar-refractivity contribution in [1.82, 2.24) is 4.98 Å². The number of ketones is 1. The quantitative estimate of drug-likeness (QED) is 0.583. The number of ether oxygens (including phenoxy) is 1. The van der Waals surface area contributed by atoms with E-state index in [9.17, 15) is 9.59 Å². The standard InChI is InChI=1S/C21H17ClN2O3S/c1-12-21(23-13(2)28-12)15-5-8-19-17(9-15)24(20(26)11-27-19)10-18(25)14-3-6-16(22)7-4-14/h3-9H,10-11H2,1-2H3. The highest BCUT2D eigenvalue weighted by Crippen LogP contribution is 2.37. The van der Waals surface area contributed by atoms with Gasteiger partial charge in [0, 0.05) is 21.0 Å². The molecule has 28 heavy (non-hydrogen) atoms. The van der Waals surface area contributed by atoms with Crippen molar-refractivity contribution in [3.63, 3.8) is 0 Å². The van der Waals surface area contributed by atoms with Gasteiger partial charge in [-0.2, -0.15) is 0 Å². The molecule has 2 aromatic carbocycles. The molecule has 5 nitrogen and oxygen atoms in total. The number of rotatable bonds is 4. The highest BCUT2D eigenvalue weighted by atomic mass is 35.5. The summed E-state index contributed by atoms with van der Waals surface area (Å²) in [5.74, 6) is 0.166. The van der Waals surface area contributed by atoms with Crippen LogP contribution in [0.2, 0.25) is 5.02 Å². The van der Waals surface area contributed by atoms with Crippen molar-refractivity contribution in [1.29, 1.82) is 0 Å². The number of Topliss-reactive ketones (excluding diaryl/α,β-unsaturated/α-hetero) is 1. The fourth-order valence-corrected chi connectivity index (χ4v) is 4.16. The van der Waals surface area contributed by atoms with Crippen molar-refractivity contribution in [2.75, 3.05) is 18.1 Å². The summed E-state index contributed by atoms with van der Waals surface area (Å²) in [6, 6.07) is 12.3. The van der Waals surface area contributed by atoms with Crippen LogP contribution in [0.3, 0.4) is 0 Å². The van der Waals surface area contributed by atoms with E-state index in [2.05, 4.69) is 4.98 Å². The number of nitrogens with zero attached hydrogens (tertiary/aromatic N) is 2. The van der Waals surface area contributed by atoms with E-state index in [-0.39, 0.29) is 24.8 Å². The van der Waals surface area contributed by atoms with Gasteiger partial charge >= 0.3 is 0 Å². The predicted octanol–water partition coefficient (Wildman–Crippen LogP) is 4.69. The Morgan fingerprint density at radius 1 is 1.21 bits per heavy atom. The molecule has 0 saturated heterocycles. The van der Waals surface area contributed by atoms with Gasteiger partial charge in [-0.05, 0) is 56.3 Å². The van der Waals surface area contributed by atoms with Crippen molar-refractivity contribution >= 4 is 40.3 Å². The minimum Gasteiger partial charge on any atom is -0.482 e. The second kappa shape index (κ2) is 7.37. The third-order valence-electron chi connectivity index (χ3n) is 4.55. The molecule has 0 saturated carbocycles. The van der Waals surface area contributed by atoms with Gasteiger partial charge in [-0.1, -0.05) is 11.6 Å². The van der Waals surface area contributed by atoms with Crippen LogP contribution in [0.1, 0.15) is 20.2 Å². The number of benzene rings is 2. The number of hydrogen-bond acceptors (Lipinski definition) is 5. The predicted molar refractivity (Wildman–Crippen MR) is 111 cm³/mol. The lowest BCUT2D eigenvalue weighted by Crippen LogP contribution is -2.42. The summed E-state index contributed by atoms with van der Waals surface area (Å²) < 4.78 is 5.56. The van der Waals surface area contributed by atoms with Crippen molar-refractivity contribution in [2.24, 2.45) is 0 Å². The molecule has 0 aliphatic carbocycles. The molecule has 0 radical (unpaired) electrons. The maximum atomic E-state index is 12.7. The lowest BCUT2D eigenvalue weighted by molar-refractivity contribution is -0.121. The molecule has 1 aliphatic heterocycles. The highest BCUT2D eigenvalue weighted by molar-refractivity contribution is 7.11. The lowest BCUT2D eigenvalue weighted by atomic mass is 10.1. The van der Waals surface area contributed by atoms with E-state index in [4.69, 9.17) is 16.3 Å². The molecule has 1 aliphatic rings. The number of anilines is 1. The summed E-state index contributed by atoms with van der Waals surface area (Å²) in [5.41, 5.74) is 2.86. The molecule has 142 valence electrons. The maximum Gasteiger partial charge on any atom is 0.265 e. The van der Waals surface area contributed by atoms with Crippen LogP contribution in [0.5, 0.6) is 5.75 Å². The third-order valence-corrected chi connectivity index (χ3v) is 5.69. The van der Waals surface area contributed by atoms with Crippen molar-refractivity contribution in [2.45, 2.75) is 13.8 Å². The molecule has 0 unspecified atom stereocenters. The van der Waals surface area contributed by atoms with Gasteiger partial charge in [0.15, 0.2) is 12.4 Å².